The number of benzene rings is 1. The number of anilines is 1. The lowest BCUT2D eigenvalue weighted by atomic mass is 10.2. The van der Waals surface area contributed by atoms with Gasteiger partial charge in [-0.3, -0.25) is 4.79 Å². The normalized spacial score (nSPS) is 11.2. The summed E-state index contributed by atoms with van der Waals surface area (Å²) in [4.78, 5) is 14.3. The lowest BCUT2D eigenvalue weighted by Crippen LogP contribution is -2.34. The summed E-state index contributed by atoms with van der Waals surface area (Å²) in [6.45, 7) is 7.63. The number of hydrogen-bond donors (Lipinski definition) is 2. The van der Waals surface area contributed by atoms with E-state index < -0.39 is 0 Å². The Balaban J connectivity index is 1.97. The lowest BCUT2D eigenvalue weighted by molar-refractivity contribution is 0.0923. The molecule has 0 spiro atoms. The van der Waals surface area contributed by atoms with Crippen molar-refractivity contribution in [2.24, 2.45) is 0 Å². The van der Waals surface area contributed by atoms with Crippen LogP contribution in [0.2, 0.25) is 0 Å². The van der Waals surface area contributed by atoms with Gasteiger partial charge in [0.05, 0.1) is 0 Å². The molecule has 0 radical (unpaired) electrons. The molecule has 0 unspecified atom stereocenters. The van der Waals surface area contributed by atoms with Crippen LogP contribution in [0, 0.1) is 0 Å². The number of nitrogens with one attached hydrogen (secondary N) is 1. The second-order valence-corrected chi connectivity index (χ2v) is 4.69. The predicted octanol–water partition coefficient (Wildman–Crippen LogP) is 2.09. The summed E-state index contributed by atoms with van der Waals surface area (Å²) in [5, 5.41) is 3.71. The Morgan fingerprint density at radius 3 is 2.75 bits per heavy atom. The van der Waals surface area contributed by atoms with Crippen LogP contribution in [0.25, 0.3) is 11.0 Å². The van der Waals surface area contributed by atoms with Crippen LogP contribution in [0.15, 0.2) is 28.7 Å². The second-order valence-electron chi connectivity index (χ2n) is 4.69. The summed E-state index contributed by atoms with van der Waals surface area (Å²) in [5.41, 5.74) is 7.04. The standard InChI is InChI=1S/C15H21N3O2/c1-3-18(4-2)8-7-17-15(19)14-10-11-9-12(16)5-6-13(11)20-14/h5-6,9-10H,3-4,7-8,16H2,1-2H3,(H,17,19). The number of nitrogens with zero attached hydrogens (tertiary/aromatic N) is 1. The molecule has 3 N–H and O–H groups in total. The van der Waals surface area contributed by atoms with E-state index in [1.165, 1.54) is 0 Å². The maximum atomic E-state index is 12.0. The number of rotatable bonds is 6. The highest BCUT2D eigenvalue weighted by molar-refractivity contribution is 5.96. The van der Waals surface area contributed by atoms with Gasteiger partial charge in [-0.05, 0) is 37.4 Å². The van der Waals surface area contributed by atoms with Crippen molar-refractivity contribution in [3.8, 4) is 0 Å². The molecule has 2 rings (SSSR count). The average Bonchev–Trinajstić information content (AvgIpc) is 2.86. The molecule has 0 aliphatic rings. The highest BCUT2D eigenvalue weighted by Crippen LogP contribution is 2.21. The Bertz CT molecular complexity index is 588. The zero-order valence-electron chi connectivity index (χ0n) is 12.0. The first-order chi connectivity index (χ1) is 9.63. The van der Waals surface area contributed by atoms with Gasteiger partial charge in [-0.2, -0.15) is 0 Å². The minimum Gasteiger partial charge on any atom is -0.451 e. The molecule has 5 heteroatoms. The van der Waals surface area contributed by atoms with Crippen LogP contribution in [-0.4, -0.2) is 37.0 Å². The van der Waals surface area contributed by atoms with E-state index in [1.54, 1.807) is 24.3 Å². The zero-order chi connectivity index (χ0) is 14.5. The summed E-state index contributed by atoms with van der Waals surface area (Å²) < 4.78 is 5.51. The van der Waals surface area contributed by atoms with Gasteiger partial charge in [-0.15, -0.1) is 0 Å². The van der Waals surface area contributed by atoms with Crippen LogP contribution in [0.5, 0.6) is 0 Å². The Labute approximate surface area is 118 Å². The first-order valence-corrected chi connectivity index (χ1v) is 6.93. The predicted molar refractivity (Wildman–Crippen MR) is 80.7 cm³/mol. The average molecular weight is 275 g/mol. The van der Waals surface area contributed by atoms with Crippen LogP contribution < -0.4 is 11.1 Å². The van der Waals surface area contributed by atoms with E-state index >= 15 is 0 Å². The van der Waals surface area contributed by atoms with Crippen molar-refractivity contribution in [3.63, 3.8) is 0 Å². The molecular weight excluding hydrogens is 254 g/mol. The fourth-order valence-corrected chi connectivity index (χ4v) is 2.13. The van der Waals surface area contributed by atoms with Crippen molar-refractivity contribution < 1.29 is 9.21 Å². The van der Waals surface area contributed by atoms with E-state index in [2.05, 4.69) is 24.1 Å². The Kier molecular flexibility index (Phi) is 4.63. The molecule has 0 saturated heterocycles. The van der Waals surface area contributed by atoms with Crippen molar-refractivity contribution in [2.75, 3.05) is 31.9 Å². The van der Waals surface area contributed by atoms with Gasteiger partial charge in [0.15, 0.2) is 5.76 Å². The summed E-state index contributed by atoms with van der Waals surface area (Å²) in [7, 11) is 0. The van der Waals surface area contributed by atoms with Gasteiger partial charge in [-0.1, -0.05) is 13.8 Å². The Hall–Kier alpha value is -2.01. The highest BCUT2D eigenvalue weighted by Gasteiger charge is 2.12. The molecule has 108 valence electrons. The molecule has 5 nitrogen and oxygen atoms in total. The quantitative estimate of drug-likeness (QED) is 0.792. The molecule has 0 saturated carbocycles. The summed E-state index contributed by atoms with van der Waals surface area (Å²) >= 11 is 0. The van der Waals surface area contributed by atoms with E-state index in [-0.39, 0.29) is 5.91 Å². The largest absolute Gasteiger partial charge is 0.451 e. The molecule has 1 aromatic heterocycles. The fourth-order valence-electron chi connectivity index (χ4n) is 2.13. The Morgan fingerprint density at radius 1 is 1.30 bits per heavy atom. The van der Waals surface area contributed by atoms with Crippen molar-refractivity contribution >= 4 is 22.6 Å². The third kappa shape index (κ3) is 3.30. The van der Waals surface area contributed by atoms with Gasteiger partial charge in [0, 0.05) is 24.2 Å². The van der Waals surface area contributed by atoms with Crippen LogP contribution in [0.1, 0.15) is 24.4 Å². The highest BCUT2D eigenvalue weighted by atomic mass is 16.3. The minimum atomic E-state index is -0.188. The van der Waals surface area contributed by atoms with Crippen molar-refractivity contribution in [1.82, 2.24) is 10.2 Å². The molecule has 0 atom stereocenters. The number of hydrogen-bond acceptors (Lipinski definition) is 4. The molecule has 0 fully saturated rings. The SMILES string of the molecule is CCN(CC)CCNC(=O)c1cc2cc(N)ccc2o1. The number of likely N-dealkylation sites (N-methyl/N-ethyl adjacent to an activating group) is 1. The van der Waals surface area contributed by atoms with Crippen LogP contribution in [0.3, 0.4) is 0 Å². The van der Waals surface area contributed by atoms with Gasteiger partial charge in [0.2, 0.25) is 0 Å². The van der Waals surface area contributed by atoms with Gasteiger partial charge in [-0.25, -0.2) is 0 Å². The van der Waals surface area contributed by atoms with Gasteiger partial charge < -0.3 is 20.4 Å². The van der Waals surface area contributed by atoms with Crippen LogP contribution >= 0.6 is 0 Å². The van der Waals surface area contributed by atoms with Gasteiger partial charge in [0.25, 0.3) is 5.91 Å². The van der Waals surface area contributed by atoms with E-state index in [4.69, 9.17) is 10.2 Å². The number of nitrogens with two attached hydrogens (primary N) is 1. The summed E-state index contributed by atoms with van der Waals surface area (Å²) in [6.07, 6.45) is 0. The molecule has 1 aromatic carbocycles. The van der Waals surface area contributed by atoms with E-state index in [1.807, 2.05) is 0 Å². The second kappa shape index (κ2) is 6.43. The topological polar surface area (TPSA) is 71.5 Å². The number of carbonyl (C=O) groups is 1. The number of furan rings is 1. The number of nitrogen functional groups attached to an aromatic ring is 1. The zero-order valence-corrected chi connectivity index (χ0v) is 12.0. The maximum absolute atomic E-state index is 12.0. The first-order valence-electron chi connectivity index (χ1n) is 6.93. The fraction of sp³-hybridized carbons (Fsp3) is 0.400. The van der Waals surface area contributed by atoms with E-state index in [0.717, 1.165) is 25.0 Å². The molecule has 1 heterocycles. The van der Waals surface area contributed by atoms with Gasteiger partial charge >= 0.3 is 0 Å². The summed E-state index contributed by atoms with van der Waals surface area (Å²) in [6, 6.07) is 7.05. The third-order valence-corrected chi connectivity index (χ3v) is 3.37. The first kappa shape index (κ1) is 14.4. The number of amides is 1. The third-order valence-electron chi connectivity index (χ3n) is 3.37. The molecule has 0 bridgehead atoms. The molecule has 1 amide bonds. The smallest absolute Gasteiger partial charge is 0.287 e. The number of fused-ring (bicyclic) bond motifs is 1. The molecular formula is C15H21N3O2. The van der Waals surface area contributed by atoms with E-state index in [0.29, 0.717) is 23.6 Å². The van der Waals surface area contributed by atoms with Crippen molar-refractivity contribution in [3.05, 3.63) is 30.0 Å². The lowest BCUT2D eigenvalue weighted by Gasteiger charge is -2.17. The Morgan fingerprint density at radius 2 is 2.05 bits per heavy atom. The molecule has 0 aliphatic carbocycles. The van der Waals surface area contributed by atoms with Crippen LogP contribution in [-0.2, 0) is 0 Å². The van der Waals surface area contributed by atoms with Crippen LogP contribution in [0.4, 0.5) is 5.69 Å². The number of carbonyl (C=O) groups excluding carboxylic acids is 1. The minimum absolute atomic E-state index is 0.188. The van der Waals surface area contributed by atoms with Crippen molar-refractivity contribution in [1.29, 1.82) is 0 Å². The maximum Gasteiger partial charge on any atom is 0.287 e. The molecule has 2 aromatic rings. The molecule has 0 aliphatic heterocycles. The monoisotopic (exact) mass is 275 g/mol. The van der Waals surface area contributed by atoms with E-state index in [9.17, 15) is 4.79 Å². The van der Waals surface area contributed by atoms with Crippen molar-refractivity contribution in [2.45, 2.75) is 13.8 Å². The summed E-state index contributed by atoms with van der Waals surface area (Å²) in [5.74, 6) is 0.136. The molecule has 20 heavy (non-hydrogen) atoms. The van der Waals surface area contributed by atoms with Gasteiger partial charge in [0.1, 0.15) is 5.58 Å².